The zero-order chi connectivity index (χ0) is 24.9. The maximum absolute atomic E-state index is 10.8. The van der Waals surface area contributed by atoms with E-state index in [1.807, 2.05) is 19.9 Å². The van der Waals surface area contributed by atoms with Crippen molar-refractivity contribution in [2.45, 2.75) is 58.3 Å². The maximum atomic E-state index is 10.8. The molecule has 1 aliphatic carbocycles. The van der Waals surface area contributed by atoms with Gasteiger partial charge >= 0.3 is 0 Å². The normalized spacial score (nSPS) is 16.4. The van der Waals surface area contributed by atoms with E-state index in [0.29, 0.717) is 23.6 Å². The van der Waals surface area contributed by atoms with Crippen molar-refractivity contribution in [3.05, 3.63) is 52.6 Å². The topological polar surface area (TPSA) is 92.4 Å². The first kappa shape index (κ1) is 25.0. The van der Waals surface area contributed by atoms with Gasteiger partial charge in [-0.05, 0) is 86.0 Å². The number of likely N-dealkylation sites (tertiary alicyclic amines) is 1. The summed E-state index contributed by atoms with van der Waals surface area (Å²) in [6, 6.07) is 9.32. The molecule has 0 aromatic heterocycles. The van der Waals surface area contributed by atoms with E-state index < -0.39 is 0 Å². The fraction of sp³-hybridized carbons (Fsp3) is 0.500. The van der Waals surface area contributed by atoms with Gasteiger partial charge in [-0.25, -0.2) is 4.90 Å². The molecular weight excluding hydrogens is 440 g/mol. The molecule has 0 amide bonds. The summed E-state index contributed by atoms with van der Waals surface area (Å²) in [5.74, 6) is 0.430. The number of nitrogens with zero attached hydrogens (tertiary/aromatic N) is 3. The van der Waals surface area contributed by atoms with Crippen molar-refractivity contribution in [2.75, 3.05) is 38.2 Å². The van der Waals surface area contributed by atoms with E-state index >= 15 is 0 Å². The van der Waals surface area contributed by atoms with Crippen LogP contribution in [0.3, 0.4) is 0 Å². The summed E-state index contributed by atoms with van der Waals surface area (Å²) in [7, 11) is 1.65. The summed E-state index contributed by atoms with van der Waals surface area (Å²) in [6.07, 6.45) is 6.93. The quantitative estimate of drug-likeness (QED) is 0.400. The molecular formula is C28H38N4O3. The lowest BCUT2D eigenvalue weighted by Gasteiger charge is -2.29. The molecule has 188 valence electrons. The van der Waals surface area contributed by atoms with E-state index in [2.05, 4.69) is 22.0 Å². The minimum absolute atomic E-state index is 0.0286. The second-order valence-electron chi connectivity index (χ2n) is 9.83. The first-order chi connectivity index (χ1) is 16.9. The molecule has 0 unspecified atom stereocenters. The number of rotatable bonds is 6. The number of phenols is 2. The first-order valence-electron chi connectivity index (χ1n) is 12.8. The third-order valence-corrected chi connectivity index (χ3v) is 7.07. The fourth-order valence-electron chi connectivity index (χ4n) is 5.13. The molecule has 1 aliphatic heterocycles. The highest BCUT2D eigenvalue weighted by Gasteiger charge is 2.27. The number of aromatic hydroxyl groups is 2. The summed E-state index contributed by atoms with van der Waals surface area (Å²) in [5.41, 5.74) is 4.58. The van der Waals surface area contributed by atoms with E-state index in [-0.39, 0.29) is 23.4 Å². The largest absolute Gasteiger partial charge is 0.508 e. The number of ether oxygens (including phenoxy) is 1. The van der Waals surface area contributed by atoms with Gasteiger partial charge in [-0.15, -0.1) is 0 Å². The third-order valence-electron chi connectivity index (χ3n) is 7.07. The predicted molar refractivity (Wildman–Crippen MR) is 141 cm³/mol. The first-order valence-corrected chi connectivity index (χ1v) is 12.8. The average Bonchev–Trinajstić information content (AvgIpc) is 3.31. The lowest BCUT2D eigenvalue weighted by molar-refractivity contribution is 0.176. The monoisotopic (exact) mass is 478 g/mol. The number of phenolic OH excluding ortho intramolecular Hbond substituents is 2. The van der Waals surface area contributed by atoms with Gasteiger partial charge in [0.25, 0.3) is 6.02 Å². The number of amidine groups is 2. The standard InChI is InChI=1S/C28H38N4O3/c1-19(2)23-17-24(26(34)18-25(23)33)27(30-3)32(22-11-10-20-8-7-9-21(20)16-22)28(29)35-15-14-31-12-5-4-6-13-31/h10-11,16-19,29,33-34H,4-9,12-15H2,1-3H3/b29-28?,30-27-. The Bertz CT molecular complexity index is 1090. The summed E-state index contributed by atoms with van der Waals surface area (Å²) in [5, 5.41) is 30.1. The van der Waals surface area contributed by atoms with Crippen molar-refractivity contribution >= 4 is 17.5 Å². The molecule has 7 nitrogen and oxygen atoms in total. The number of nitrogens with one attached hydrogen (secondary N) is 1. The molecule has 4 rings (SSSR count). The van der Waals surface area contributed by atoms with Crippen LogP contribution in [0.2, 0.25) is 0 Å². The lowest BCUT2D eigenvalue weighted by Crippen LogP contribution is -2.40. The van der Waals surface area contributed by atoms with Crippen LogP contribution in [0.4, 0.5) is 5.69 Å². The van der Waals surface area contributed by atoms with Gasteiger partial charge in [-0.3, -0.25) is 15.3 Å². The molecule has 0 saturated carbocycles. The lowest BCUT2D eigenvalue weighted by atomic mass is 9.98. The molecule has 0 bridgehead atoms. The van der Waals surface area contributed by atoms with E-state index in [9.17, 15) is 10.2 Å². The Kier molecular flexibility index (Phi) is 7.96. The number of anilines is 1. The SMILES string of the molecule is C/N=C(/c1cc(C(C)C)c(O)cc1O)N(C(=N)OCCN1CCCCC1)c1ccc2c(c1)CCC2. The molecule has 3 N–H and O–H groups in total. The van der Waals surface area contributed by atoms with Gasteiger partial charge in [-0.1, -0.05) is 26.3 Å². The fourth-order valence-corrected chi connectivity index (χ4v) is 5.13. The molecule has 2 aromatic rings. The third kappa shape index (κ3) is 5.61. The van der Waals surface area contributed by atoms with Crippen LogP contribution in [-0.4, -0.2) is 60.3 Å². The van der Waals surface area contributed by atoms with Gasteiger partial charge in [0.05, 0.1) is 11.3 Å². The van der Waals surface area contributed by atoms with E-state index in [0.717, 1.165) is 44.6 Å². The number of hydrogen-bond donors (Lipinski definition) is 3. The second-order valence-corrected chi connectivity index (χ2v) is 9.83. The molecule has 1 heterocycles. The summed E-state index contributed by atoms with van der Waals surface area (Å²) < 4.78 is 5.98. The number of hydrogen-bond acceptors (Lipinski definition) is 6. The van der Waals surface area contributed by atoms with Gasteiger partial charge in [0.1, 0.15) is 23.9 Å². The van der Waals surface area contributed by atoms with E-state index in [1.54, 1.807) is 18.0 Å². The van der Waals surface area contributed by atoms with E-state index in [4.69, 9.17) is 10.1 Å². The Hall–Kier alpha value is -3.06. The van der Waals surface area contributed by atoms with Gasteiger partial charge < -0.3 is 14.9 Å². The highest BCUT2D eigenvalue weighted by Crippen LogP contribution is 2.35. The minimum atomic E-state index is -0.0835. The van der Waals surface area contributed by atoms with Crippen LogP contribution in [-0.2, 0) is 17.6 Å². The van der Waals surface area contributed by atoms with Crippen LogP contribution >= 0.6 is 0 Å². The zero-order valence-corrected chi connectivity index (χ0v) is 21.2. The van der Waals surface area contributed by atoms with Crippen molar-refractivity contribution < 1.29 is 14.9 Å². The highest BCUT2D eigenvalue weighted by atomic mass is 16.5. The number of benzene rings is 2. The van der Waals surface area contributed by atoms with Crippen LogP contribution in [0, 0.1) is 5.41 Å². The summed E-state index contributed by atoms with van der Waals surface area (Å²) >= 11 is 0. The van der Waals surface area contributed by atoms with Crippen LogP contribution in [0.25, 0.3) is 0 Å². The molecule has 2 aliphatic rings. The number of piperidine rings is 1. The second kappa shape index (κ2) is 11.1. The maximum Gasteiger partial charge on any atom is 0.295 e. The van der Waals surface area contributed by atoms with Gasteiger partial charge in [-0.2, -0.15) is 0 Å². The van der Waals surface area contributed by atoms with Crippen molar-refractivity contribution in [3.8, 4) is 11.5 Å². The van der Waals surface area contributed by atoms with Gasteiger partial charge in [0, 0.05) is 19.7 Å². The molecule has 2 aromatic carbocycles. The molecule has 1 saturated heterocycles. The molecule has 7 heteroatoms. The van der Waals surface area contributed by atoms with Crippen molar-refractivity contribution in [1.29, 1.82) is 5.41 Å². The zero-order valence-electron chi connectivity index (χ0n) is 21.2. The number of aliphatic imine (C=N–C) groups is 1. The average molecular weight is 479 g/mol. The summed E-state index contributed by atoms with van der Waals surface area (Å²) in [4.78, 5) is 8.56. The molecule has 0 radical (unpaired) electrons. The Morgan fingerprint density at radius 3 is 2.49 bits per heavy atom. The Balaban J connectivity index is 1.66. The number of aryl methyl sites for hydroxylation is 2. The van der Waals surface area contributed by atoms with Crippen molar-refractivity contribution in [1.82, 2.24) is 4.90 Å². The molecule has 0 spiro atoms. The smallest absolute Gasteiger partial charge is 0.295 e. The predicted octanol–water partition coefficient (Wildman–Crippen LogP) is 5.03. The Morgan fingerprint density at radius 2 is 1.77 bits per heavy atom. The van der Waals surface area contributed by atoms with Crippen LogP contribution in [0.1, 0.15) is 67.7 Å². The van der Waals surface area contributed by atoms with Crippen LogP contribution in [0.5, 0.6) is 11.5 Å². The van der Waals surface area contributed by atoms with Gasteiger partial charge in [0.15, 0.2) is 0 Å². The molecule has 0 atom stereocenters. The Morgan fingerprint density at radius 1 is 1.03 bits per heavy atom. The van der Waals surface area contributed by atoms with Crippen LogP contribution in [0.15, 0.2) is 35.3 Å². The Labute approximate surface area is 208 Å². The highest BCUT2D eigenvalue weighted by molar-refractivity contribution is 6.23. The minimum Gasteiger partial charge on any atom is -0.508 e. The van der Waals surface area contributed by atoms with Crippen molar-refractivity contribution in [2.24, 2.45) is 4.99 Å². The van der Waals surface area contributed by atoms with Gasteiger partial charge in [0.2, 0.25) is 0 Å². The summed E-state index contributed by atoms with van der Waals surface area (Å²) in [6.45, 7) is 7.32. The molecule has 1 fully saturated rings. The van der Waals surface area contributed by atoms with Crippen LogP contribution < -0.4 is 4.90 Å². The van der Waals surface area contributed by atoms with E-state index in [1.165, 1.54) is 36.5 Å². The number of fused-ring (bicyclic) bond motifs is 1. The van der Waals surface area contributed by atoms with Crippen molar-refractivity contribution in [3.63, 3.8) is 0 Å². The molecule has 35 heavy (non-hydrogen) atoms.